The van der Waals surface area contributed by atoms with Crippen LogP contribution in [0.25, 0.3) is 0 Å². The molecule has 25 heavy (non-hydrogen) atoms. The lowest BCUT2D eigenvalue weighted by Gasteiger charge is -2.22. The lowest BCUT2D eigenvalue weighted by molar-refractivity contribution is 0.0595. The first-order valence-corrected chi connectivity index (χ1v) is 9.73. The van der Waals surface area contributed by atoms with Crippen molar-refractivity contribution < 1.29 is 14.3 Å². The van der Waals surface area contributed by atoms with Crippen molar-refractivity contribution in [2.75, 3.05) is 7.11 Å². The number of hydrogen-bond acceptors (Lipinski definition) is 3. The minimum Gasteiger partial charge on any atom is -0.464 e. The van der Waals surface area contributed by atoms with E-state index in [4.69, 9.17) is 11.6 Å². The number of esters is 1. The number of methoxy groups -OCH3 is 1. The molecule has 1 aromatic heterocycles. The highest BCUT2D eigenvalue weighted by atomic mass is 35.5. The summed E-state index contributed by atoms with van der Waals surface area (Å²) < 4.78 is 4.66. The van der Waals surface area contributed by atoms with Crippen LogP contribution < -0.4 is 0 Å². The van der Waals surface area contributed by atoms with Gasteiger partial charge in [-0.1, -0.05) is 83.7 Å². The van der Waals surface area contributed by atoms with Gasteiger partial charge in [-0.05, 0) is 12.5 Å². The van der Waals surface area contributed by atoms with Crippen LogP contribution in [0.3, 0.4) is 0 Å². The molecule has 0 spiro atoms. The molecule has 0 saturated carbocycles. The summed E-state index contributed by atoms with van der Waals surface area (Å²) in [6, 6.07) is 1.52. The summed E-state index contributed by atoms with van der Waals surface area (Å²) in [5.41, 5.74) is 0.0226. The highest BCUT2D eigenvalue weighted by molar-refractivity contribution is 6.34. The van der Waals surface area contributed by atoms with Crippen LogP contribution in [-0.2, 0) is 4.74 Å². The van der Waals surface area contributed by atoms with E-state index in [0.29, 0.717) is 5.69 Å². The molecule has 0 radical (unpaired) electrons. The monoisotopic (exact) mass is 369 g/mol. The number of ketones is 1. The summed E-state index contributed by atoms with van der Waals surface area (Å²) >= 11 is 6.03. The molecule has 1 heterocycles. The van der Waals surface area contributed by atoms with Crippen molar-refractivity contribution >= 4 is 23.4 Å². The summed E-state index contributed by atoms with van der Waals surface area (Å²) in [4.78, 5) is 27.2. The molecule has 1 aromatic rings. The quantitative estimate of drug-likeness (QED) is 0.271. The number of aromatic amines is 1. The minimum absolute atomic E-state index is 0.0208. The van der Waals surface area contributed by atoms with E-state index < -0.39 is 11.4 Å². The largest absolute Gasteiger partial charge is 0.464 e. The fraction of sp³-hybridized carbons (Fsp3) is 0.700. The van der Waals surface area contributed by atoms with Gasteiger partial charge in [-0.3, -0.25) is 4.79 Å². The number of carbonyl (C=O) groups excluding carboxylic acids is 2. The standard InChI is InChI=1S/C20H32ClNO3/c1-5-6-7-8-9-10-11-12-13-20(2,3)18(23)16-14-15(21)17(22-16)19(24)25-4/h14,22H,5-13H2,1-4H3. The second-order valence-corrected chi connectivity index (χ2v) is 7.74. The molecule has 0 bridgehead atoms. The van der Waals surface area contributed by atoms with Gasteiger partial charge in [0.25, 0.3) is 0 Å². The summed E-state index contributed by atoms with van der Waals surface area (Å²) in [6.45, 7) is 6.12. The number of unbranched alkanes of at least 4 members (excludes halogenated alkanes) is 7. The molecule has 1 rings (SSSR count). The Morgan fingerprint density at radius 1 is 1.08 bits per heavy atom. The molecule has 0 saturated heterocycles. The Balaban J connectivity index is 2.47. The van der Waals surface area contributed by atoms with E-state index in [9.17, 15) is 9.59 Å². The molecular formula is C20H32ClNO3. The highest BCUT2D eigenvalue weighted by Crippen LogP contribution is 2.30. The summed E-state index contributed by atoms with van der Waals surface area (Å²) in [5, 5.41) is 0.220. The van der Waals surface area contributed by atoms with E-state index >= 15 is 0 Å². The third-order valence-electron chi connectivity index (χ3n) is 4.67. The zero-order valence-corrected chi connectivity index (χ0v) is 16.8. The lowest BCUT2D eigenvalue weighted by Crippen LogP contribution is -2.24. The SMILES string of the molecule is CCCCCCCCCCC(C)(C)C(=O)c1cc(Cl)c(C(=O)OC)[nH]1. The number of hydrogen-bond donors (Lipinski definition) is 1. The van der Waals surface area contributed by atoms with Crippen LogP contribution in [0.4, 0.5) is 0 Å². The molecular weight excluding hydrogens is 338 g/mol. The number of rotatable bonds is 12. The second kappa shape index (κ2) is 10.6. The van der Waals surface area contributed by atoms with Crippen molar-refractivity contribution in [3.05, 3.63) is 22.5 Å². The number of H-pyrrole nitrogens is 1. The van der Waals surface area contributed by atoms with Gasteiger partial charge in [0.15, 0.2) is 5.78 Å². The normalized spacial score (nSPS) is 11.6. The molecule has 0 aliphatic heterocycles. The fourth-order valence-electron chi connectivity index (χ4n) is 2.98. The Kier molecular flexibility index (Phi) is 9.26. The molecule has 142 valence electrons. The number of Topliss-reactive ketones (excluding diaryl/α,β-unsaturated/α-hetero) is 1. The van der Waals surface area contributed by atoms with E-state index in [0.717, 1.165) is 19.3 Å². The smallest absolute Gasteiger partial charge is 0.356 e. The predicted octanol–water partition coefficient (Wildman–Crippen LogP) is 6.19. The van der Waals surface area contributed by atoms with E-state index in [-0.39, 0.29) is 16.5 Å². The van der Waals surface area contributed by atoms with Gasteiger partial charge < -0.3 is 9.72 Å². The average Bonchev–Trinajstić information content (AvgIpc) is 2.97. The Labute approximate surface area is 156 Å². The van der Waals surface area contributed by atoms with Crippen LogP contribution in [0.2, 0.25) is 5.02 Å². The molecule has 0 unspecified atom stereocenters. The number of halogens is 1. The van der Waals surface area contributed by atoms with Gasteiger partial charge in [-0.2, -0.15) is 0 Å². The summed E-state index contributed by atoms with van der Waals surface area (Å²) in [6.07, 6.45) is 10.8. The number of aromatic nitrogens is 1. The van der Waals surface area contributed by atoms with E-state index in [1.165, 1.54) is 51.7 Å². The predicted molar refractivity (Wildman–Crippen MR) is 102 cm³/mol. The zero-order valence-electron chi connectivity index (χ0n) is 16.0. The van der Waals surface area contributed by atoms with Gasteiger partial charge in [-0.25, -0.2) is 4.79 Å². The van der Waals surface area contributed by atoms with Crippen molar-refractivity contribution in [2.24, 2.45) is 5.41 Å². The van der Waals surface area contributed by atoms with Gasteiger partial charge in [-0.15, -0.1) is 0 Å². The fourth-order valence-corrected chi connectivity index (χ4v) is 3.21. The highest BCUT2D eigenvalue weighted by Gasteiger charge is 2.30. The zero-order chi connectivity index (χ0) is 18.9. The molecule has 0 amide bonds. The van der Waals surface area contributed by atoms with E-state index in [1.807, 2.05) is 13.8 Å². The van der Waals surface area contributed by atoms with Crippen LogP contribution in [0.15, 0.2) is 6.07 Å². The van der Waals surface area contributed by atoms with Gasteiger partial charge in [0.2, 0.25) is 0 Å². The molecule has 0 aromatic carbocycles. The number of ether oxygens (including phenoxy) is 1. The Bertz CT molecular complexity index is 563. The minimum atomic E-state index is -0.565. The van der Waals surface area contributed by atoms with Crippen molar-refractivity contribution in [2.45, 2.75) is 78.6 Å². The number of nitrogens with one attached hydrogen (secondary N) is 1. The molecule has 0 aliphatic rings. The average molecular weight is 370 g/mol. The van der Waals surface area contributed by atoms with Crippen LogP contribution in [-0.4, -0.2) is 23.8 Å². The van der Waals surface area contributed by atoms with Crippen LogP contribution in [0.1, 0.15) is 99.5 Å². The lowest BCUT2D eigenvalue weighted by atomic mass is 9.81. The molecule has 0 atom stereocenters. The summed E-state index contributed by atoms with van der Waals surface area (Å²) in [5.74, 6) is -0.586. The maximum atomic E-state index is 12.7. The Morgan fingerprint density at radius 3 is 2.20 bits per heavy atom. The first-order valence-electron chi connectivity index (χ1n) is 9.35. The second-order valence-electron chi connectivity index (χ2n) is 7.34. The molecule has 0 aliphatic carbocycles. The van der Waals surface area contributed by atoms with E-state index in [2.05, 4.69) is 16.6 Å². The first kappa shape index (κ1) is 21.8. The molecule has 0 fully saturated rings. The Morgan fingerprint density at radius 2 is 1.64 bits per heavy atom. The maximum Gasteiger partial charge on any atom is 0.356 e. The van der Waals surface area contributed by atoms with Crippen LogP contribution >= 0.6 is 11.6 Å². The van der Waals surface area contributed by atoms with Gasteiger partial charge >= 0.3 is 5.97 Å². The van der Waals surface area contributed by atoms with Crippen LogP contribution in [0, 0.1) is 5.41 Å². The molecule has 5 heteroatoms. The Hall–Kier alpha value is -1.29. The van der Waals surface area contributed by atoms with Crippen molar-refractivity contribution in [3.8, 4) is 0 Å². The van der Waals surface area contributed by atoms with Crippen molar-refractivity contribution in [1.82, 2.24) is 4.98 Å². The third kappa shape index (κ3) is 6.85. The van der Waals surface area contributed by atoms with Crippen molar-refractivity contribution in [3.63, 3.8) is 0 Å². The van der Waals surface area contributed by atoms with Gasteiger partial charge in [0, 0.05) is 5.41 Å². The van der Waals surface area contributed by atoms with Crippen molar-refractivity contribution in [1.29, 1.82) is 0 Å². The summed E-state index contributed by atoms with van der Waals surface area (Å²) in [7, 11) is 1.28. The third-order valence-corrected chi connectivity index (χ3v) is 4.97. The first-order chi connectivity index (χ1) is 11.8. The van der Waals surface area contributed by atoms with Crippen LogP contribution in [0.5, 0.6) is 0 Å². The maximum absolute atomic E-state index is 12.7. The number of carbonyl (C=O) groups is 2. The van der Waals surface area contributed by atoms with Gasteiger partial charge in [0.05, 0.1) is 17.8 Å². The molecule has 4 nitrogen and oxygen atoms in total. The topological polar surface area (TPSA) is 59.2 Å². The van der Waals surface area contributed by atoms with Gasteiger partial charge in [0.1, 0.15) is 5.69 Å². The molecule has 1 N–H and O–H groups in total. The van der Waals surface area contributed by atoms with E-state index in [1.54, 1.807) is 0 Å².